The highest BCUT2D eigenvalue weighted by atomic mass is 35.5. The Hall–Kier alpha value is -2.34. The van der Waals surface area contributed by atoms with Gasteiger partial charge < -0.3 is 14.2 Å². The topological polar surface area (TPSA) is 66.7 Å². The first-order valence-corrected chi connectivity index (χ1v) is 9.71. The average molecular weight is 388 g/mol. The number of hydrogen-bond donors (Lipinski definition) is 0. The molecule has 1 aliphatic heterocycles. The van der Waals surface area contributed by atoms with Crippen molar-refractivity contribution in [1.82, 2.24) is 9.88 Å². The molecule has 4 rings (SSSR count). The van der Waals surface area contributed by atoms with Crippen LogP contribution in [0, 0.1) is 6.92 Å². The maximum absolute atomic E-state index is 12.9. The molecule has 0 unspecified atom stereocenters. The Labute approximate surface area is 162 Å². The smallest absolute Gasteiger partial charge is 0.349 e. The predicted molar refractivity (Wildman–Crippen MR) is 104 cm³/mol. The van der Waals surface area contributed by atoms with Gasteiger partial charge in [-0.3, -0.25) is 4.79 Å². The quantitative estimate of drug-likeness (QED) is 0.808. The van der Waals surface area contributed by atoms with E-state index in [1.165, 1.54) is 6.42 Å². The molecule has 0 atom stereocenters. The second-order valence-electron chi connectivity index (χ2n) is 7.24. The van der Waals surface area contributed by atoms with Crippen LogP contribution in [-0.2, 0) is 0 Å². The zero-order valence-electron chi connectivity index (χ0n) is 15.3. The van der Waals surface area contributed by atoms with E-state index < -0.39 is 5.63 Å². The van der Waals surface area contributed by atoms with Gasteiger partial charge in [-0.25, -0.2) is 9.78 Å². The minimum Gasteiger partial charge on any atom is -0.427 e. The maximum atomic E-state index is 12.9. The number of carbonyl (C=O) groups is 1. The molecular formula is C20H22ClN3O3. The summed E-state index contributed by atoms with van der Waals surface area (Å²) in [5.74, 6) is 1.65. The zero-order chi connectivity index (χ0) is 19.0. The molecule has 0 radical (unpaired) electrons. The summed E-state index contributed by atoms with van der Waals surface area (Å²) >= 11 is 5.88. The molecular weight excluding hydrogens is 366 g/mol. The molecule has 142 valence electrons. The van der Waals surface area contributed by atoms with Crippen LogP contribution in [0.3, 0.4) is 0 Å². The fraction of sp³-hybridized carbons (Fsp3) is 0.450. The van der Waals surface area contributed by atoms with E-state index in [1.807, 2.05) is 19.1 Å². The number of piperazine rings is 1. The first-order valence-electron chi connectivity index (χ1n) is 9.33. The van der Waals surface area contributed by atoms with Gasteiger partial charge in [0.15, 0.2) is 0 Å². The van der Waals surface area contributed by atoms with E-state index >= 15 is 0 Å². The Kier molecular flexibility index (Phi) is 4.91. The van der Waals surface area contributed by atoms with Crippen LogP contribution in [0.5, 0.6) is 0 Å². The summed E-state index contributed by atoms with van der Waals surface area (Å²) in [5, 5.41) is 0.597. The Balaban J connectivity index is 1.46. The fourth-order valence-electron chi connectivity index (χ4n) is 3.64. The van der Waals surface area contributed by atoms with Crippen LogP contribution in [0.25, 0.3) is 0 Å². The van der Waals surface area contributed by atoms with E-state index in [0.29, 0.717) is 42.7 Å². The third kappa shape index (κ3) is 3.58. The van der Waals surface area contributed by atoms with Crippen LogP contribution in [0.1, 0.15) is 46.9 Å². The normalized spacial score (nSPS) is 17.7. The maximum Gasteiger partial charge on any atom is 0.349 e. The first kappa shape index (κ1) is 18.0. The van der Waals surface area contributed by atoms with E-state index in [1.54, 1.807) is 17.2 Å². The Morgan fingerprint density at radius 3 is 2.52 bits per heavy atom. The molecule has 2 aromatic heterocycles. The van der Waals surface area contributed by atoms with E-state index in [0.717, 1.165) is 24.4 Å². The number of halogens is 1. The third-order valence-electron chi connectivity index (χ3n) is 5.49. The SMILES string of the molecule is Cc1cc(C2CCC2)oc(=O)c1C(=O)N1CCN(c2ccc(Cl)cn2)CC1. The number of pyridine rings is 1. The van der Waals surface area contributed by atoms with Crippen molar-refractivity contribution in [3.8, 4) is 0 Å². The van der Waals surface area contributed by atoms with Gasteiger partial charge in [-0.1, -0.05) is 18.0 Å². The van der Waals surface area contributed by atoms with Crippen LogP contribution in [0.15, 0.2) is 33.6 Å². The Morgan fingerprint density at radius 2 is 1.96 bits per heavy atom. The first-order chi connectivity index (χ1) is 13.0. The third-order valence-corrected chi connectivity index (χ3v) is 5.72. The van der Waals surface area contributed by atoms with Crippen molar-refractivity contribution in [2.75, 3.05) is 31.1 Å². The molecule has 0 aromatic carbocycles. The number of hydrogen-bond acceptors (Lipinski definition) is 5. The van der Waals surface area contributed by atoms with Gasteiger partial charge in [0.25, 0.3) is 5.91 Å². The summed E-state index contributed by atoms with van der Waals surface area (Å²) in [7, 11) is 0. The van der Waals surface area contributed by atoms with Crippen molar-refractivity contribution in [2.24, 2.45) is 0 Å². The van der Waals surface area contributed by atoms with Crippen LogP contribution in [0.2, 0.25) is 5.02 Å². The molecule has 1 saturated heterocycles. The number of carbonyl (C=O) groups excluding carboxylic acids is 1. The summed E-state index contributed by atoms with van der Waals surface area (Å²) < 4.78 is 5.47. The van der Waals surface area contributed by atoms with Crippen molar-refractivity contribution < 1.29 is 9.21 Å². The van der Waals surface area contributed by atoms with Gasteiger partial charge in [0.05, 0.1) is 5.02 Å². The standard InChI is InChI=1S/C20H22ClN3O3/c1-13-11-16(14-3-2-4-14)27-20(26)18(13)19(25)24-9-7-23(8-10-24)17-6-5-15(21)12-22-17/h5-6,11-12,14H,2-4,7-10H2,1H3. The second-order valence-corrected chi connectivity index (χ2v) is 7.67. The minimum atomic E-state index is -0.510. The molecule has 0 N–H and O–H groups in total. The number of nitrogens with zero attached hydrogens (tertiary/aromatic N) is 3. The lowest BCUT2D eigenvalue weighted by Gasteiger charge is -2.35. The Morgan fingerprint density at radius 1 is 1.22 bits per heavy atom. The molecule has 2 fully saturated rings. The fourth-order valence-corrected chi connectivity index (χ4v) is 3.75. The van der Waals surface area contributed by atoms with Gasteiger partial charge in [-0.15, -0.1) is 0 Å². The highest BCUT2D eigenvalue weighted by Crippen LogP contribution is 2.36. The molecule has 1 aliphatic carbocycles. The number of aryl methyl sites for hydroxylation is 1. The van der Waals surface area contributed by atoms with Gasteiger partial charge >= 0.3 is 5.63 Å². The zero-order valence-corrected chi connectivity index (χ0v) is 16.0. The minimum absolute atomic E-state index is 0.163. The molecule has 0 spiro atoms. The van der Waals surface area contributed by atoms with E-state index in [2.05, 4.69) is 9.88 Å². The molecule has 27 heavy (non-hydrogen) atoms. The molecule has 7 heteroatoms. The van der Waals surface area contributed by atoms with E-state index in [9.17, 15) is 9.59 Å². The molecule has 6 nitrogen and oxygen atoms in total. The van der Waals surface area contributed by atoms with Crippen molar-refractivity contribution in [3.63, 3.8) is 0 Å². The van der Waals surface area contributed by atoms with Crippen LogP contribution < -0.4 is 10.5 Å². The van der Waals surface area contributed by atoms with Gasteiger partial charge in [0.1, 0.15) is 17.1 Å². The summed E-state index contributed by atoms with van der Waals surface area (Å²) in [5.41, 5.74) is 0.361. The largest absolute Gasteiger partial charge is 0.427 e. The molecule has 3 heterocycles. The number of rotatable bonds is 3. The lowest BCUT2D eigenvalue weighted by molar-refractivity contribution is 0.0740. The van der Waals surface area contributed by atoms with E-state index in [4.69, 9.17) is 16.0 Å². The second kappa shape index (κ2) is 7.35. The van der Waals surface area contributed by atoms with Crippen molar-refractivity contribution in [1.29, 1.82) is 0 Å². The molecule has 2 aliphatic rings. The average Bonchev–Trinajstić information content (AvgIpc) is 2.60. The predicted octanol–water partition coefficient (Wildman–Crippen LogP) is 3.23. The van der Waals surface area contributed by atoms with Gasteiger partial charge in [-0.05, 0) is 43.5 Å². The highest BCUT2D eigenvalue weighted by molar-refractivity contribution is 6.30. The van der Waals surface area contributed by atoms with Gasteiger partial charge in [-0.2, -0.15) is 0 Å². The number of amides is 1. The van der Waals surface area contributed by atoms with E-state index in [-0.39, 0.29) is 11.5 Å². The molecule has 1 amide bonds. The highest BCUT2D eigenvalue weighted by Gasteiger charge is 2.29. The summed E-state index contributed by atoms with van der Waals surface area (Å²) in [6, 6.07) is 5.55. The summed E-state index contributed by atoms with van der Waals surface area (Å²) in [6.07, 6.45) is 4.89. The molecule has 2 aromatic rings. The number of aromatic nitrogens is 1. The van der Waals surface area contributed by atoms with Crippen molar-refractivity contribution in [2.45, 2.75) is 32.1 Å². The lowest BCUT2D eigenvalue weighted by Crippen LogP contribution is -2.50. The summed E-state index contributed by atoms with van der Waals surface area (Å²) in [4.78, 5) is 33.5. The van der Waals surface area contributed by atoms with Gasteiger partial charge in [0, 0.05) is 38.3 Å². The van der Waals surface area contributed by atoms with Crippen molar-refractivity contribution >= 4 is 23.3 Å². The van der Waals surface area contributed by atoms with Crippen LogP contribution in [-0.4, -0.2) is 42.0 Å². The van der Waals surface area contributed by atoms with Gasteiger partial charge in [0.2, 0.25) is 0 Å². The monoisotopic (exact) mass is 387 g/mol. The molecule has 1 saturated carbocycles. The van der Waals surface area contributed by atoms with Crippen LogP contribution >= 0.6 is 11.6 Å². The molecule has 0 bridgehead atoms. The van der Waals surface area contributed by atoms with Crippen LogP contribution in [0.4, 0.5) is 5.82 Å². The van der Waals surface area contributed by atoms with Crippen molar-refractivity contribution in [3.05, 3.63) is 56.7 Å². The lowest BCUT2D eigenvalue weighted by atomic mass is 9.83. The number of anilines is 1. The summed E-state index contributed by atoms with van der Waals surface area (Å²) in [6.45, 7) is 4.20. The Bertz CT molecular complexity index is 898.